The quantitative estimate of drug-likeness (QED) is 0.110. The molecule has 2 aromatic carbocycles. The van der Waals surface area contributed by atoms with Crippen molar-refractivity contribution in [3.63, 3.8) is 0 Å². The Morgan fingerprint density at radius 1 is 1.22 bits per heavy atom. The van der Waals surface area contributed by atoms with E-state index in [0.29, 0.717) is 28.6 Å². The van der Waals surface area contributed by atoms with E-state index in [2.05, 4.69) is 20.8 Å². The molecule has 41 heavy (non-hydrogen) atoms. The van der Waals surface area contributed by atoms with Crippen LogP contribution in [0, 0.1) is 0 Å². The van der Waals surface area contributed by atoms with Gasteiger partial charge in [-0.05, 0) is 48.1 Å². The normalized spacial score (nSPS) is 21.0. The maximum absolute atomic E-state index is 14.0. The van der Waals surface area contributed by atoms with Crippen LogP contribution in [0.1, 0.15) is 30.3 Å². The molecule has 5 rings (SSSR count). The summed E-state index contributed by atoms with van der Waals surface area (Å²) in [5, 5.41) is 14.4. The molecule has 0 saturated carbocycles. The second kappa shape index (κ2) is 12.0. The minimum Gasteiger partial charge on any atom is -0.448 e. The summed E-state index contributed by atoms with van der Waals surface area (Å²) in [7, 11) is 3.85. The predicted molar refractivity (Wildman–Crippen MR) is 154 cm³/mol. The number of β-lactam (4-membered cyclic amide) rings is 1. The lowest BCUT2D eigenvalue weighted by molar-refractivity contribution is -0.160. The number of hydrogen-bond acceptors (Lipinski definition) is 11. The molecule has 1 saturated heterocycles. The molecule has 3 N–H and O–H groups in total. The topological polar surface area (TPSA) is 149 Å². The highest BCUT2D eigenvalue weighted by atomic mass is 32.2. The zero-order chi connectivity index (χ0) is 29.1. The minimum absolute atomic E-state index is 0.0993. The molecule has 1 fully saturated rings. The summed E-state index contributed by atoms with van der Waals surface area (Å²) in [4.78, 5) is 41.9. The van der Waals surface area contributed by atoms with Crippen molar-refractivity contribution in [2.24, 2.45) is 5.73 Å². The Morgan fingerprint density at radius 2 is 1.85 bits per heavy atom. The maximum Gasteiger partial charge on any atom is 0.356 e. The van der Waals surface area contributed by atoms with Gasteiger partial charge in [0, 0.05) is 11.5 Å². The molecule has 14 heteroatoms. The second-order valence-corrected chi connectivity index (χ2v) is 11.8. The molecule has 1 unspecified atom stereocenters. The van der Waals surface area contributed by atoms with Gasteiger partial charge in [0.25, 0.3) is 5.91 Å². The summed E-state index contributed by atoms with van der Waals surface area (Å²) in [6.45, 7) is 1.97. The summed E-state index contributed by atoms with van der Waals surface area (Å²) in [6, 6.07) is 18.8. The van der Waals surface area contributed by atoms with Gasteiger partial charge < -0.3 is 10.1 Å². The first-order valence-electron chi connectivity index (χ1n) is 12.8. The Labute approximate surface area is 245 Å². The zero-order valence-corrected chi connectivity index (χ0v) is 24.3. The molecule has 2 amide bonds. The number of aromatic nitrogens is 4. The average Bonchev–Trinajstić information content (AvgIpc) is 3.47. The number of benzene rings is 2. The molecule has 3 atom stereocenters. The molecule has 3 aromatic rings. The average molecular weight is 595 g/mol. The van der Waals surface area contributed by atoms with Crippen LogP contribution >= 0.6 is 23.5 Å². The van der Waals surface area contributed by atoms with Gasteiger partial charge in [-0.25, -0.2) is 9.48 Å². The Bertz CT molecular complexity index is 1410. The van der Waals surface area contributed by atoms with E-state index >= 15 is 0 Å². The highest BCUT2D eigenvalue weighted by Crippen LogP contribution is 2.45. The number of nitrogens with zero attached hydrogens (tertiary/aromatic N) is 6. The van der Waals surface area contributed by atoms with Gasteiger partial charge in [0.05, 0.1) is 0 Å². The Hall–Kier alpha value is -3.72. The molecule has 12 nitrogen and oxygen atoms in total. The fourth-order valence-corrected chi connectivity index (χ4v) is 7.07. The molecular formula is C27H30N8O4S2. The number of tetrazole rings is 1. The number of nitrogens with one attached hydrogen (secondary N) is 1. The van der Waals surface area contributed by atoms with E-state index in [-0.39, 0.29) is 11.9 Å². The third-order valence-corrected chi connectivity index (χ3v) is 9.48. The monoisotopic (exact) mass is 594 g/mol. The summed E-state index contributed by atoms with van der Waals surface area (Å²) in [5.41, 5.74) is 7.02. The molecule has 0 bridgehead atoms. The highest BCUT2D eigenvalue weighted by Gasteiger charge is 2.63. The number of esters is 1. The van der Waals surface area contributed by atoms with Gasteiger partial charge in [-0.2, -0.15) is 0 Å². The summed E-state index contributed by atoms with van der Waals surface area (Å²) >= 11 is 2.73. The van der Waals surface area contributed by atoms with E-state index in [1.807, 2.05) is 86.6 Å². The molecule has 2 aliphatic heterocycles. The van der Waals surface area contributed by atoms with Crippen LogP contribution < -0.4 is 11.1 Å². The van der Waals surface area contributed by atoms with Crippen LogP contribution in [-0.4, -0.2) is 84.9 Å². The van der Waals surface area contributed by atoms with Crippen molar-refractivity contribution in [1.29, 1.82) is 0 Å². The number of rotatable bonds is 11. The first-order valence-corrected chi connectivity index (χ1v) is 14.8. The molecule has 0 aliphatic carbocycles. The van der Waals surface area contributed by atoms with Gasteiger partial charge in [-0.3, -0.25) is 25.1 Å². The zero-order valence-electron chi connectivity index (χ0n) is 22.7. The SMILES string of the molecule is CC(N(C)C)n1nnnc1SCC1=C(C(=O)OC(c2ccccc2)c2ccccc2)N2C(=O)[C@](N)(NC=O)[C@H]2SC1. The standard InChI is InChI=1S/C27H30N8O4S2/c1-17(33(2)3)35-26(30-31-32-35)41-15-20-14-40-25-27(28,29-16-36)24(38)34(25)21(20)23(37)39-22(18-10-6-4-7-11-18)19-12-8-5-9-13-19/h4-13,16-17,22,25H,14-15,28H2,1-3H3,(H,29,36)/t17?,25-,27+/m1/s1. The van der Waals surface area contributed by atoms with Gasteiger partial charge in [0.15, 0.2) is 6.10 Å². The molecule has 214 valence electrons. The number of nitrogens with two attached hydrogens (primary N) is 1. The number of thioether (sulfide) groups is 2. The Kier molecular flexibility index (Phi) is 8.45. The largest absolute Gasteiger partial charge is 0.448 e. The van der Waals surface area contributed by atoms with Crippen LogP contribution in [0.2, 0.25) is 0 Å². The van der Waals surface area contributed by atoms with Crippen LogP contribution in [0.4, 0.5) is 0 Å². The van der Waals surface area contributed by atoms with E-state index in [1.54, 1.807) is 4.68 Å². The lowest BCUT2D eigenvalue weighted by Gasteiger charge is -2.55. The van der Waals surface area contributed by atoms with Crippen molar-refractivity contribution in [1.82, 2.24) is 35.3 Å². The molecule has 0 spiro atoms. The van der Waals surface area contributed by atoms with Crippen molar-refractivity contribution in [2.45, 2.75) is 35.4 Å². The van der Waals surface area contributed by atoms with Gasteiger partial charge in [0.2, 0.25) is 17.2 Å². The fraction of sp³-hybridized carbons (Fsp3) is 0.333. The van der Waals surface area contributed by atoms with Crippen molar-refractivity contribution in [3.05, 3.63) is 83.1 Å². The van der Waals surface area contributed by atoms with E-state index in [1.165, 1.54) is 28.4 Å². The first kappa shape index (κ1) is 28.8. The third kappa shape index (κ3) is 5.47. The number of carbonyl (C=O) groups is 3. The van der Waals surface area contributed by atoms with Crippen molar-refractivity contribution in [3.8, 4) is 0 Å². The highest BCUT2D eigenvalue weighted by molar-refractivity contribution is 8.01. The number of fused-ring (bicyclic) bond motifs is 1. The second-order valence-electron chi connectivity index (χ2n) is 9.82. The van der Waals surface area contributed by atoms with Gasteiger partial charge in [-0.15, -0.1) is 16.9 Å². The van der Waals surface area contributed by atoms with E-state index < -0.39 is 29.0 Å². The van der Waals surface area contributed by atoms with Crippen molar-refractivity contribution < 1.29 is 19.1 Å². The maximum atomic E-state index is 14.0. The van der Waals surface area contributed by atoms with Crippen LogP contribution in [0.25, 0.3) is 0 Å². The fourth-order valence-electron chi connectivity index (χ4n) is 4.61. The minimum atomic E-state index is -1.61. The smallest absolute Gasteiger partial charge is 0.356 e. The molecular weight excluding hydrogens is 564 g/mol. The molecule has 1 aromatic heterocycles. The van der Waals surface area contributed by atoms with Crippen LogP contribution in [0.5, 0.6) is 0 Å². The van der Waals surface area contributed by atoms with Gasteiger partial charge in [0.1, 0.15) is 17.2 Å². The van der Waals surface area contributed by atoms with E-state index in [9.17, 15) is 14.4 Å². The lowest BCUT2D eigenvalue weighted by Crippen LogP contribution is -2.83. The first-order chi connectivity index (χ1) is 19.8. The van der Waals surface area contributed by atoms with E-state index in [0.717, 1.165) is 11.1 Å². The predicted octanol–water partition coefficient (Wildman–Crippen LogP) is 1.75. The number of hydrogen-bond donors (Lipinski definition) is 2. The number of carbonyl (C=O) groups excluding carboxylic acids is 3. The summed E-state index contributed by atoms with van der Waals surface area (Å²) in [6.07, 6.45) is -0.410. The van der Waals surface area contributed by atoms with Crippen molar-refractivity contribution in [2.75, 3.05) is 25.6 Å². The Balaban J connectivity index is 1.49. The van der Waals surface area contributed by atoms with Crippen molar-refractivity contribution >= 4 is 41.8 Å². The molecule has 3 heterocycles. The lowest BCUT2D eigenvalue weighted by atomic mass is 9.96. The van der Waals surface area contributed by atoms with E-state index in [4.69, 9.17) is 10.5 Å². The van der Waals surface area contributed by atoms with Crippen LogP contribution in [-0.2, 0) is 19.1 Å². The summed E-state index contributed by atoms with van der Waals surface area (Å²) in [5.74, 6) is -0.531. The van der Waals surface area contributed by atoms with Gasteiger partial charge in [-0.1, -0.05) is 72.4 Å². The number of ether oxygens (including phenoxy) is 1. The third-order valence-electron chi connectivity index (χ3n) is 7.05. The number of amides is 2. The van der Waals surface area contributed by atoms with Crippen LogP contribution in [0.3, 0.4) is 0 Å². The summed E-state index contributed by atoms with van der Waals surface area (Å²) < 4.78 is 7.85. The Morgan fingerprint density at radius 3 is 2.44 bits per heavy atom. The molecule has 2 aliphatic rings. The molecule has 0 radical (unpaired) electrons. The van der Waals surface area contributed by atoms with Crippen LogP contribution in [0.15, 0.2) is 77.1 Å². The van der Waals surface area contributed by atoms with Gasteiger partial charge >= 0.3 is 5.97 Å².